The van der Waals surface area contributed by atoms with Crippen molar-refractivity contribution in [2.75, 3.05) is 0 Å². The third kappa shape index (κ3) is 11.2. The summed E-state index contributed by atoms with van der Waals surface area (Å²) in [4.78, 5) is 8.68. The first kappa shape index (κ1) is 13.0. The molecule has 1 rings (SSSR count). The van der Waals surface area contributed by atoms with Gasteiger partial charge in [0.25, 0.3) is 0 Å². The molecule has 0 radical (unpaired) electrons. The molecule has 1 fully saturated rings. The van der Waals surface area contributed by atoms with Crippen LogP contribution in [-0.4, -0.2) is 6.29 Å². The van der Waals surface area contributed by atoms with Gasteiger partial charge in [-0.3, -0.25) is 6.29 Å². The van der Waals surface area contributed by atoms with E-state index >= 15 is 0 Å². The molecule has 0 unspecified atom stereocenters. The third-order valence-corrected chi connectivity index (χ3v) is 1.32. The van der Waals surface area contributed by atoms with E-state index in [4.69, 9.17) is 4.79 Å². The second-order valence-electron chi connectivity index (χ2n) is 2.13. The first-order valence-electron chi connectivity index (χ1n) is 3.52. The van der Waals surface area contributed by atoms with Crippen LogP contribution in [0.3, 0.4) is 0 Å². The van der Waals surface area contributed by atoms with Crippen LogP contribution in [0.4, 0.5) is 0 Å². The zero-order valence-electron chi connectivity index (χ0n) is 6.43. The molecule has 0 heterocycles. The van der Waals surface area contributed by atoms with Crippen molar-refractivity contribution in [2.24, 2.45) is 0 Å². The maximum absolute atomic E-state index is 8.68. The molecule has 1 nitrogen and oxygen atoms in total. The molecule has 0 aromatic carbocycles. The Balaban J connectivity index is 0. The van der Waals surface area contributed by atoms with Gasteiger partial charge in [-0.25, -0.2) is 0 Å². The van der Waals surface area contributed by atoms with Crippen molar-refractivity contribution in [2.45, 2.75) is 39.0 Å². The minimum Gasteiger partial charge on any atom is -0.542 e. The van der Waals surface area contributed by atoms with E-state index in [1.54, 1.807) is 0 Å². The van der Waals surface area contributed by atoms with E-state index in [0.717, 1.165) is 0 Å². The minimum absolute atomic E-state index is 0. The van der Waals surface area contributed by atoms with Crippen LogP contribution < -0.4 is 0 Å². The monoisotopic (exact) mass is 310 g/mol. The molecule has 0 aromatic rings. The molecule has 0 aliphatic heterocycles. The Labute approximate surface area is 77.8 Å². The first-order valence-corrected chi connectivity index (χ1v) is 3.52. The van der Waals surface area contributed by atoms with Crippen LogP contribution in [-0.2, 0) is 25.9 Å². The topological polar surface area (TPSA) is 17.1 Å². The average molecular weight is 310 g/mol. The van der Waals surface area contributed by atoms with Crippen LogP contribution in [0.5, 0.6) is 0 Å². The minimum atomic E-state index is 0. The first-order chi connectivity index (χ1) is 4.41. The number of carbonyl (C=O) groups excluding carboxylic acids is 1. The Morgan fingerprint density at radius 2 is 1.60 bits per heavy atom. The maximum Gasteiger partial charge on any atom is 2.00 e. The Morgan fingerprint density at radius 1 is 1.20 bits per heavy atom. The molecule has 0 bridgehead atoms. The molecular weight excluding hydrogens is 296 g/mol. The molecule has 0 amide bonds. The number of hydrogen-bond donors (Lipinski definition) is 0. The van der Waals surface area contributed by atoms with Crippen molar-refractivity contribution < 1.29 is 25.9 Å². The van der Waals surface area contributed by atoms with Gasteiger partial charge in [-0.15, -0.1) is 0 Å². The van der Waals surface area contributed by atoms with Gasteiger partial charge in [-0.2, -0.15) is 19.8 Å². The average Bonchev–Trinajstić information content (AvgIpc) is 1.93. The van der Waals surface area contributed by atoms with Crippen LogP contribution in [0, 0.1) is 6.42 Å². The molecule has 0 aromatic heterocycles. The molecule has 10 heavy (non-hydrogen) atoms. The zero-order chi connectivity index (χ0) is 6.95. The summed E-state index contributed by atoms with van der Waals surface area (Å²) < 4.78 is 0. The van der Waals surface area contributed by atoms with Gasteiger partial charge in [0.05, 0.1) is 0 Å². The van der Waals surface area contributed by atoms with E-state index < -0.39 is 0 Å². The van der Waals surface area contributed by atoms with E-state index in [-0.39, 0.29) is 21.1 Å². The van der Waals surface area contributed by atoms with Crippen molar-refractivity contribution in [3.05, 3.63) is 6.42 Å². The van der Waals surface area contributed by atoms with Crippen LogP contribution in [0.2, 0.25) is 0 Å². The van der Waals surface area contributed by atoms with Gasteiger partial charge in [0, 0.05) is 0 Å². The van der Waals surface area contributed by atoms with Gasteiger partial charge in [-0.1, -0.05) is 19.3 Å². The van der Waals surface area contributed by atoms with E-state index in [1.165, 1.54) is 45.3 Å². The molecule has 1 aliphatic rings. The fourth-order valence-corrected chi connectivity index (χ4v) is 0.898. The molecule has 1 saturated carbocycles. The molecule has 0 N–H and O–H groups in total. The van der Waals surface area contributed by atoms with Crippen LogP contribution in [0.1, 0.15) is 39.0 Å². The quantitative estimate of drug-likeness (QED) is 0.627. The smallest absolute Gasteiger partial charge is 0.542 e. The molecule has 0 spiro atoms. The SMILES string of the molecule is C[C-]=O.[CH-]1CCCCC1.[W+2]. The van der Waals surface area contributed by atoms with Crippen LogP contribution in [0.15, 0.2) is 0 Å². The Bertz CT molecular complexity index is 48.8. The largest absolute Gasteiger partial charge is 2.00 e. The molecule has 2 heteroatoms. The summed E-state index contributed by atoms with van der Waals surface area (Å²) in [6, 6.07) is 0. The van der Waals surface area contributed by atoms with Gasteiger partial charge in [0.15, 0.2) is 0 Å². The number of rotatable bonds is 0. The second-order valence-corrected chi connectivity index (χ2v) is 2.13. The van der Waals surface area contributed by atoms with Crippen molar-refractivity contribution in [3.8, 4) is 0 Å². The zero-order valence-corrected chi connectivity index (χ0v) is 9.36. The van der Waals surface area contributed by atoms with Crippen molar-refractivity contribution >= 4 is 6.29 Å². The van der Waals surface area contributed by atoms with Gasteiger partial charge in [0.2, 0.25) is 0 Å². The molecular formula is C8H14OW. The number of hydrogen-bond acceptors (Lipinski definition) is 1. The van der Waals surface area contributed by atoms with Crippen molar-refractivity contribution in [1.29, 1.82) is 0 Å². The van der Waals surface area contributed by atoms with Crippen LogP contribution in [0.25, 0.3) is 0 Å². The van der Waals surface area contributed by atoms with E-state index in [0.29, 0.717) is 0 Å². The van der Waals surface area contributed by atoms with Gasteiger partial charge < -0.3 is 11.2 Å². The summed E-state index contributed by atoms with van der Waals surface area (Å²) in [7, 11) is 0. The van der Waals surface area contributed by atoms with Crippen LogP contribution >= 0.6 is 0 Å². The third-order valence-electron chi connectivity index (χ3n) is 1.32. The summed E-state index contributed by atoms with van der Waals surface area (Å²) in [6.45, 7) is 1.32. The summed E-state index contributed by atoms with van der Waals surface area (Å²) >= 11 is 0. The molecule has 0 atom stereocenters. The predicted octanol–water partition coefficient (Wildman–Crippen LogP) is 2.27. The van der Waals surface area contributed by atoms with E-state index in [1.807, 2.05) is 0 Å². The predicted molar refractivity (Wildman–Crippen MR) is 38.8 cm³/mol. The summed E-state index contributed by atoms with van der Waals surface area (Å²) in [6.07, 6.45) is 11.0. The van der Waals surface area contributed by atoms with Gasteiger partial charge in [0.1, 0.15) is 0 Å². The summed E-state index contributed by atoms with van der Waals surface area (Å²) in [5.74, 6) is 0. The Morgan fingerprint density at radius 3 is 1.70 bits per heavy atom. The summed E-state index contributed by atoms with van der Waals surface area (Å²) in [5, 5.41) is 0. The molecule has 58 valence electrons. The molecule has 1 aliphatic carbocycles. The Kier molecular flexibility index (Phi) is 15.7. The molecule has 0 saturated heterocycles. The second kappa shape index (κ2) is 12.1. The normalized spacial score (nSPS) is 15.7. The van der Waals surface area contributed by atoms with E-state index in [2.05, 4.69) is 6.42 Å². The van der Waals surface area contributed by atoms with E-state index in [9.17, 15) is 0 Å². The standard InChI is InChI=1S/C6H11.C2H3O.W/c1-2-4-6-5-3-1;1-2-3;/h1H,2-6H2;1H3;/q2*-1;+2. The van der Waals surface area contributed by atoms with Gasteiger partial charge in [-0.05, 0) is 0 Å². The fraction of sp³-hybridized carbons (Fsp3) is 0.750. The fourth-order valence-electron chi connectivity index (χ4n) is 0.898. The van der Waals surface area contributed by atoms with Gasteiger partial charge >= 0.3 is 21.1 Å². The van der Waals surface area contributed by atoms with Crippen molar-refractivity contribution in [1.82, 2.24) is 0 Å². The van der Waals surface area contributed by atoms with Crippen molar-refractivity contribution in [3.63, 3.8) is 0 Å². The maximum atomic E-state index is 8.68. The summed E-state index contributed by atoms with van der Waals surface area (Å²) in [5.41, 5.74) is 0. The Hall–Kier alpha value is 0.358.